The van der Waals surface area contributed by atoms with Gasteiger partial charge in [0, 0.05) is 6.04 Å². The van der Waals surface area contributed by atoms with Crippen molar-refractivity contribution in [2.24, 2.45) is 5.92 Å². The summed E-state index contributed by atoms with van der Waals surface area (Å²) in [6.45, 7) is 10.4. The van der Waals surface area contributed by atoms with Gasteiger partial charge in [-0.15, -0.1) is 0 Å². The summed E-state index contributed by atoms with van der Waals surface area (Å²) >= 11 is 0. The quantitative estimate of drug-likeness (QED) is 0.531. The Morgan fingerprint density at radius 3 is 2.20 bits per heavy atom. The van der Waals surface area contributed by atoms with E-state index in [4.69, 9.17) is 0 Å². The summed E-state index contributed by atoms with van der Waals surface area (Å²) in [6.07, 6.45) is 9.56. The predicted octanol–water partition coefficient (Wildman–Crippen LogP) is 4.37. The fraction of sp³-hybridized carbons (Fsp3) is 1.00. The van der Waals surface area contributed by atoms with Crippen molar-refractivity contribution in [1.29, 1.82) is 0 Å². The van der Waals surface area contributed by atoms with Crippen LogP contribution in [-0.4, -0.2) is 12.6 Å². The largest absolute Gasteiger partial charge is 0.314 e. The Balaban J connectivity index is 3.15. The third kappa shape index (κ3) is 11.9. The van der Waals surface area contributed by atoms with Crippen LogP contribution in [0.5, 0.6) is 0 Å². The molecule has 0 bridgehead atoms. The summed E-state index contributed by atoms with van der Waals surface area (Å²) < 4.78 is 0. The van der Waals surface area contributed by atoms with Crippen molar-refractivity contribution in [3.05, 3.63) is 0 Å². The molecule has 15 heavy (non-hydrogen) atoms. The van der Waals surface area contributed by atoms with Gasteiger partial charge >= 0.3 is 0 Å². The SMILES string of the molecule is CCCCCCNC(C)CCCC(C)C. The molecule has 1 nitrogen and oxygen atoms in total. The van der Waals surface area contributed by atoms with Gasteiger partial charge in [0.1, 0.15) is 0 Å². The fourth-order valence-electron chi connectivity index (χ4n) is 1.83. The van der Waals surface area contributed by atoms with E-state index in [0.29, 0.717) is 6.04 Å². The maximum absolute atomic E-state index is 3.62. The molecular weight excluding hydrogens is 182 g/mol. The van der Waals surface area contributed by atoms with Crippen molar-refractivity contribution >= 4 is 0 Å². The Labute approximate surface area is 97.0 Å². The minimum atomic E-state index is 0.713. The maximum atomic E-state index is 3.62. The number of rotatable bonds is 10. The number of hydrogen-bond donors (Lipinski definition) is 1. The van der Waals surface area contributed by atoms with E-state index in [1.54, 1.807) is 0 Å². The van der Waals surface area contributed by atoms with Crippen molar-refractivity contribution < 1.29 is 0 Å². The molecule has 1 N–H and O–H groups in total. The van der Waals surface area contributed by atoms with E-state index < -0.39 is 0 Å². The first kappa shape index (κ1) is 15.0. The van der Waals surface area contributed by atoms with E-state index in [1.807, 2.05) is 0 Å². The Morgan fingerprint density at radius 1 is 0.867 bits per heavy atom. The Kier molecular flexibility index (Phi) is 10.4. The first-order chi connectivity index (χ1) is 7.16. The molecule has 0 fully saturated rings. The van der Waals surface area contributed by atoms with Crippen LogP contribution in [0.1, 0.15) is 72.6 Å². The van der Waals surface area contributed by atoms with Crippen molar-refractivity contribution in [3.63, 3.8) is 0 Å². The highest BCUT2D eigenvalue weighted by molar-refractivity contribution is 4.61. The van der Waals surface area contributed by atoms with Gasteiger partial charge in [-0.2, -0.15) is 0 Å². The van der Waals surface area contributed by atoms with E-state index in [-0.39, 0.29) is 0 Å². The minimum Gasteiger partial charge on any atom is -0.314 e. The summed E-state index contributed by atoms with van der Waals surface area (Å²) in [6, 6.07) is 0.713. The molecule has 0 saturated heterocycles. The number of nitrogens with one attached hydrogen (secondary N) is 1. The predicted molar refractivity (Wildman–Crippen MR) is 70.3 cm³/mol. The lowest BCUT2D eigenvalue weighted by Gasteiger charge is -2.14. The summed E-state index contributed by atoms with van der Waals surface area (Å²) in [7, 11) is 0. The smallest absolute Gasteiger partial charge is 0.00387 e. The standard InChI is InChI=1S/C14H31N/c1-5-6-7-8-12-15-14(4)11-9-10-13(2)3/h13-15H,5-12H2,1-4H3. The van der Waals surface area contributed by atoms with E-state index in [2.05, 4.69) is 33.0 Å². The van der Waals surface area contributed by atoms with Crippen molar-refractivity contribution in [1.82, 2.24) is 5.32 Å². The number of hydrogen-bond acceptors (Lipinski definition) is 1. The van der Waals surface area contributed by atoms with Crippen LogP contribution in [0.4, 0.5) is 0 Å². The van der Waals surface area contributed by atoms with E-state index in [9.17, 15) is 0 Å². The van der Waals surface area contributed by atoms with E-state index >= 15 is 0 Å². The molecule has 0 radical (unpaired) electrons. The fourth-order valence-corrected chi connectivity index (χ4v) is 1.83. The van der Waals surface area contributed by atoms with Crippen LogP contribution in [0, 0.1) is 5.92 Å². The molecule has 1 unspecified atom stereocenters. The average Bonchev–Trinajstić information content (AvgIpc) is 2.17. The molecule has 0 aromatic carbocycles. The Morgan fingerprint density at radius 2 is 1.60 bits per heavy atom. The van der Waals surface area contributed by atoms with Crippen LogP contribution < -0.4 is 5.32 Å². The van der Waals surface area contributed by atoms with Crippen LogP contribution in [0.2, 0.25) is 0 Å². The molecule has 0 aromatic heterocycles. The van der Waals surface area contributed by atoms with Crippen molar-refractivity contribution in [2.45, 2.75) is 78.7 Å². The first-order valence-corrected chi connectivity index (χ1v) is 6.90. The monoisotopic (exact) mass is 213 g/mol. The Bertz CT molecular complexity index is 121. The normalized spacial score (nSPS) is 13.4. The maximum Gasteiger partial charge on any atom is 0.00387 e. The van der Waals surface area contributed by atoms with E-state index in [1.165, 1.54) is 51.5 Å². The van der Waals surface area contributed by atoms with Crippen LogP contribution in [0.3, 0.4) is 0 Å². The van der Waals surface area contributed by atoms with E-state index in [0.717, 1.165) is 5.92 Å². The highest BCUT2D eigenvalue weighted by atomic mass is 14.9. The highest BCUT2D eigenvalue weighted by Gasteiger charge is 2.01. The molecule has 0 aliphatic rings. The van der Waals surface area contributed by atoms with Gasteiger partial charge in [0.2, 0.25) is 0 Å². The highest BCUT2D eigenvalue weighted by Crippen LogP contribution is 2.08. The van der Waals surface area contributed by atoms with Crippen molar-refractivity contribution in [3.8, 4) is 0 Å². The minimum absolute atomic E-state index is 0.713. The van der Waals surface area contributed by atoms with Crippen LogP contribution in [0.15, 0.2) is 0 Å². The number of unbranched alkanes of at least 4 members (excludes halogenated alkanes) is 3. The third-order valence-electron chi connectivity index (χ3n) is 2.94. The van der Waals surface area contributed by atoms with Crippen LogP contribution >= 0.6 is 0 Å². The molecule has 1 heteroatoms. The molecule has 0 aliphatic heterocycles. The molecule has 0 aromatic rings. The van der Waals surface area contributed by atoms with Gasteiger partial charge in [-0.05, 0) is 32.2 Å². The van der Waals surface area contributed by atoms with Gasteiger partial charge in [0.15, 0.2) is 0 Å². The van der Waals surface area contributed by atoms with Gasteiger partial charge in [0.25, 0.3) is 0 Å². The first-order valence-electron chi connectivity index (χ1n) is 6.90. The zero-order valence-electron chi connectivity index (χ0n) is 11.3. The van der Waals surface area contributed by atoms with Gasteiger partial charge < -0.3 is 5.32 Å². The second-order valence-electron chi connectivity index (χ2n) is 5.24. The van der Waals surface area contributed by atoms with Crippen molar-refractivity contribution in [2.75, 3.05) is 6.54 Å². The molecule has 0 heterocycles. The topological polar surface area (TPSA) is 12.0 Å². The van der Waals surface area contributed by atoms with Gasteiger partial charge in [-0.1, -0.05) is 52.9 Å². The van der Waals surface area contributed by atoms with Gasteiger partial charge in [-0.25, -0.2) is 0 Å². The second-order valence-corrected chi connectivity index (χ2v) is 5.24. The Hall–Kier alpha value is -0.0400. The summed E-state index contributed by atoms with van der Waals surface area (Å²) in [5, 5.41) is 3.62. The summed E-state index contributed by atoms with van der Waals surface area (Å²) in [5.41, 5.74) is 0. The molecule has 0 amide bonds. The molecule has 0 spiro atoms. The zero-order valence-corrected chi connectivity index (χ0v) is 11.3. The molecule has 1 atom stereocenters. The lowest BCUT2D eigenvalue weighted by molar-refractivity contribution is 0.450. The summed E-state index contributed by atoms with van der Waals surface area (Å²) in [5.74, 6) is 0.863. The molecule has 0 rings (SSSR count). The molecule has 0 aliphatic carbocycles. The summed E-state index contributed by atoms with van der Waals surface area (Å²) in [4.78, 5) is 0. The molecular formula is C14H31N. The third-order valence-corrected chi connectivity index (χ3v) is 2.94. The average molecular weight is 213 g/mol. The van der Waals surface area contributed by atoms with Gasteiger partial charge in [-0.3, -0.25) is 0 Å². The molecule has 0 saturated carbocycles. The van der Waals surface area contributed by atoms with Gasteiger partial charge in [0.05, 0.1) is 0 Å². The molecule has 92 valence electrons. The lowest BCUT2D eigenvalue weighted by atomic mass is 10.0. The lowest BCUT2D eigenvalue weighted by Crippen LogP contribution is -2.26. The second kappa shape index (κ2) is 10.5. The van der Waals surface area contributed by atoms with Crippen LogP contribution in [0.25, 0.3) is 0 Å². The zero-order chi connectivity index (χ0) is 11.5. The van der Waals surface area contributed by atoms with Crippen LogP contribution in [-0.2, 0) is 0 Å².